The molecule has 0 saturated heterocycles. The van der Waals surface area contributed by atoms with Crippen molar-refractivity contribution in [1.82, 2.24) is 20.7 Å². The van der Waals surface area contributed by atoms with Gasteiger partial charge in [-0.2, -0.15) is 15.4 Å². The summed E-state index contributed by atoms with van der Waals surface area (Å²) in [6, 6.07) is 0. The molecule has 14 heavy (non-hydrogen) atoms. The van der Waals surface area contributed by atoms with E-state index in [9.17, 15) is 4.79 Å². The fraction of sp³-hybridized carbons (Fsp3) is 0.444. The zero-order valence-corrected chi connectivity index (χ0v) is 7.79. The third-order valence-electron chi connectivity index (χ3n) is 1.68. The zero-order chi connectivity index (χ0) is 10.2. The summed E-state index contributed by atoms with van der Waals surface area (Å²) in [6.07, 6.45) is 9.03. The van der Waals surface area contributed by atoms with Crippen LogP contribution in [0.25, 0.3) is 0 Å². The Bertz CT molecular complexity index is 312. The minimum Gasteiger partial charge on any atom is -0.351 e. The highest BCUT2D eigenvalue weighted by atomic mass is 16.1. The normalized spacial score (nSPS) is 9.36. The third kappa shape index (κ3) is 3.27. The van der Waals surface area contributed by atoms with E-state index in [-0.39, 0.29) is 5.91 Å². The molecule has 0 aromatic carbocycles. The van der Waals surface area contributed by atoms with Gasteiger partial charge in [-0.25, -0.2) is 0 Å². The third-order valence-corrected chi connectivity index (χ3v) is 1.68. The first-order chi connectivity index (χ1) is 6.84. The predicted molar refractivity (Wildman–Crippen MR) is 51.4 cm³/mol. The standard InChI is InChI=1S/C9H12N4O/c1-2-3-4-5-6-10-9(14)8-7-11-13-12-8/h1,7H,3-6H2,(H,10,14)(H,11,12,13). The van der Waals surface area contributed by atoms with Gasteiger partial charge in [-0.05, 0) is 12.8 Å². The number of H-pyrrole nitrogens is 1. The van der Waals surface area contributed by atoms with E-state index in [1.807, 2.05) is 0 Å². The molecule has 0 bridgehead atoms. The smallest absolute Gasteiger partial charge is 0.273 e. The van der Waals surface area contributed by atoms with E-state index in [2.05, 4.69) is 26.6 Å². The van der Waals surface area contributed by atoms with E-state index >= 15 is 0 Å². The molecule has 0 atom stereocenters. The molecule has 1 amide bonds. The molecule has 1 heterocycles. The fourth-order valence-electron chi connectivity index (χ4n) is 0.956. The lowest BCUT2D eigenvalue weighted by molar-refractivity contribution is 0.0948. The molecule has 1 aromatic rings. The zero-order valence-electron chi connectivity index (χ0n) is 7.79. The first kappa shape index (κ1) is 10.3. The van der Waals surface area contributed by atoms with Crippen molar-refractivity contribution in [3.8, 4) is 12.3 Å². The molecular weight excluding hydrogens is 180 g/mol. The lowest BCUT2D eigenvalue weighted by atomic mass is 10.2. The first-order valence-electron chi connectivity index (χ1n) is 4.42. The second-order valence-electron chi connectivity index (χ2n) is 2.77. The number of unbranched alkanes of at least 4 members (excludes halogenated alkanes) is 2. The highest BCUT2D eigenvalue weighted by Gasteiger charge is 2.06. The van der Waals surface area contributed by atoms with Gasteiger partial charge in [0.2, 0.25) is 0 Å². The molecule has 0 spiro atoms. The largest absolute Gasteiger partial charge is 0.351 e. The minimum absolute atomic E-state index is 0.209. The summed E-state index contributed by atoms with van der Waals surface area (Å²) in [7, 11) is 0. The fourth-order valence-corrected chi connectivity index (χ4v) is 0.956. The number of aromatic nitrogens is 3. The van der Waals surface area contributed by atoms with Crippen molar-refractivity contribution >= 4 is 5.91 Å². The Morgan fingerprint density at radius 1 is 1.64 bits per heavy atom. The van der Waals surface area contributed by atoms with E-state index < -0.39 is 0 Å². The molecule has 1 aromatic heterocycles. The Morgan fingerprint density at radius 3 is 3.14 bits per heavy atom. The lowest BCUT2D eigenvalue weighted by Crippen LogP contribution is -2.24. The Hall–Kier alpha value is -1.83. The average molecular weight is 192 g/mol. The number of hydrogen-bond acceptors (Lipinski definition) is 3. The van der Waals surface area contributed by atoms with Crippen molar-refractivity contribution in [2.24, 2.45) is 0 Å². The van der Waals surface area contributed by atoms with Crippen LogP contribution in [0.5, 0.6) is 0 Å². The number of nitrogens with zero attached hydrogens (tertiary/aromatic N) is 2. The molecule has 0 fully saturated rings. The summed E-state index contributed by atoms with van der Waals surface area (Å²) in [5.41, 5.74) is 0.307. The molecule has 0 aliphatic carbocycles. The summed E-state index contributed by atoms with van der Waals surface area (Å²) in [4.78, 5) is 11.3. The molecular formula is C9H12N4O. The molecule has 5 nitrogen and oxygen atoms in total. The predicted octanol–water partition coefficient (Wildman–Crippen LogP) is 0.338. The molecule has 2 N–H and O–H groups in total. The number of amides is 1. The van der Waals surface area contributed by atoms with Crippen molar-refractivity contribution in [3.05, 3.63) is 11.9 Å². The SMILES string of the molecule is C#CCCCCNC(=O)c1cn[nH]n1. The van der Waals surface area contributed by atoms with Crippen LogP contribution in [0.15, 0.2) is 6.20 Å². The maximum atomic E-state index is 11.3. The van der Waals surface area contributed by atoms with Crippen LogP contribution >= 0.6 is 0 Å². The Balaban J connectivity index is 2.14. The van der Waals surface area contributed by atoms with Gasteiger partial charge in [0.05, 0.1) is 6.20 Å². The van der Waals surface area contributed by atoms with Gasteiger partial charge < -0.3 is 5.32 Å². The molecule has 1 rings (SSSR count). The minimum atomic E-state index is -0.209. The van der Waals surface area contributed by atoms with Gasteiger partial charge in [-0.1, -0.05) is 0 Å². The maximum Gasteiger partial charge on any atom is 0.273 e. The highest BCUT2D eigenvalue weighted by Crippen LogP contribution is 1.93. The van der Waals surface area contributed by atoms with Crippen molar-refractivity contribution in [2.75, 3.05) is 6.54 Å². The van der Waals surface area contributed by atoms with Gasteiger partial charge in [0.25, 0.3) is 5.91 Å². The molecule has 74 valence electrons. The van der Waals surface area contributed by atoms with Crippen molar-refractivity contribution < 1.29 is 4.79 Å². The van der Waals surface area contributed by atoms with Gasteiger partial charge in [0, 0.05) is 13.0 Å². The van der Waals surface area contributed by atoms with Gasteiger partial charge >= 0.3 is 0 Å². The second kappa shape index (κ2) is 5.75. The maximum absolute atomic E-state index is 11.3. The topological polar surface area (TPSA) is 70.7 Å². The summed E-state index contributed by atoms with van der Waals surface area (Å²) in [6.45, 7) is 0.618. The average Bonchev–Trinajstić information content (AvgIpc) is 2.70. The molecule has 5 heteroatoms. The Morgan fingerprint density at radius 2 is 2.50 bits per heavy atom. The van der Waals surface area contributed by atoms with Gasteiger partial charge in [-0.3, -0.25) is 4.79 Å². The second-order valence-corrected chi connectivity index (χ2v) is 2.77. The monoisotopic (exact) mass is 192 g/mol. The lowest BCUT2D eigenvalue weighted by Gasteiger charge is -2.00. The van der Waals surface area contributed by atoms with Crippen molar-refractivity contribution in [2.45, 2.75) is 19.3 Å². The number of carbonyl (C=O) groups excluding carboxylic acids is 1. The van der Waals surface area contributed by atoms with E-state index in [1.54, 1.807) is 0 Å². The van der Waals surface area contributed by atoms with Crippen LogP contribution in [0.2, 0.25) is 0 Å². The van der Waals surface area contributed by atoms with Crippen LogP contribution in [0.1, 0.15) is 29.8 Å². The van der Waals surface area contributed by atoms with Crippen molar-refractivity contribution in [3.63, 3.8) is 0 Å². The van der Waals surface area contributed by atoms with E-state index in [4.69, 9.17) is 6.42 Å². The summed E-state index contributed by atoms with van der Waals surface area (Å²) in [5, 5.41) is 12.3. The number of rotatable bonds is 5. The number of aromatic amines is 1. The number of nitrogens with one attached hydrogen (secondary N) is 2. The van der Waals surface area contributed by atoms with Crippen molar-refractivity contribution in [1.29, 1.82) is 0 Å². The molecule has 0 aliphatic rings. The number of terminal acetylenes is 1. The van der Waals surface area contributed by atoms with E-state index in [1.165, 1.54) is 6.20 Å². The summed E-state index contributed by atoms with van der Waals surface area (Å²) in [5.74, 6) is 2.33. The molecule has 0 radical (unpaired) electrons. The molecule has 0 aliphatic heterocycles. The van der Waals surface area contributed by atoms with Crippen LogP contribution in [0, 0.1) is 12.3 Å². The highest BCUT2D eigenvalue weighted by molar-refractivity contribution is 5.91. The quantitative estimate of drug-likeness (QED) is 0.522. The number of hydrogen-bond donors (Lipinski definition) is 2. The Kier molecular flexibility index (Phi) is 4.21. The van der Waals surface area contributed by atoms with E-state index in [0.717, 1.165) is 19.3 Å². The number of carbonyl (C=O) groups is 1. The van der Waals surface area contributed by atoms with Crippen LogP contribution in [-0.4, -0.2) is 27.9 Å². The van der Waals surface area contributed by atoms with Crippen LogP contribution in [-0.2, 0) is 0 Å². The summed E-state index contributed by atoms with van der Waals surface area (Å²) >= 11 is 0. The molecule has 0 unspecified atom stereocenters. The van der Waals surface area contributed by atoms with Gasteiger partial charge in [0.1, 0.15) is 0 Å². The summed E-state index contributed by atoms with van der Waals surface area (Å²) < 4.78 is 0. The Labute approximate surface area is 82.3 Å². The van der Waals surface area contributed by atoms with Crippen LogP contribution in [0.3, 0.4) is 0 Å². The van der Waals surface area contributed by atoms with Gasteiger partial charge in [-0.15, -0.1) is 12.3 Å². The van der Waals surface area contributed by atoms with Crippen LogP contribution < -0.4 is 5.32 Å². The van der Waals surface area contributed by atoms with E-state index in [0.29, 0.717) is 12.2 Å². The molecule has 0 saturated carbocycles. The van der Waals surface area contributed by atoms with Crippen LogP contribution in [0.4, 0.5) is 0 Å². The first-order valence-corrected chi connectivity index (χ1v) is 4.42. The van der Waals surface area contributed by atoms with Gasteiger partial charge in [0.15, 0.2) is 5.69 Å².